The molecular weight excluding hydrogens is 803 g/mol. The van der Waals surface area contributed by atoms with E-state index in [0.29, 0.717) is 16.7 Å². The van der Waals surface area contributed by atoms with Crippen molar-refractivity contribution in [2.45, 2.75) is 121 Å². The molecule has 0 fully saturated rings. The molecule has 4 aliphatic carbocycles. The number of ether oxygens (including phenoxy) is 3. The average Bonchev–Trinajstić information content (AvgIpc) is 3.81. The Hall–Kier alpha value is -5.27. The first-order chi connectivity index (χ1) is 29.2. The van der Waals surface area contributed by atoms with E-state index in [4.69, 9.17) is 23.2 Å². The van der Waals surface area contributed by atoms with E-state index in [1.54, 1.807) is 13.2 Å². The van der Waals surface area contributed by atoms with E-state index in [1.807, 2.05) is 94.5 Å². The Morgan fingerprint density at radius 1 is 0.871 bits per heavy atom. The Balaban J connectivity index is 1.31. The van der Waals surface area contributed by atoms with Crippen molar-refractivity contribution >= 4 is 30.7 Å². The van der Waals surface area contributed by atoms with Gasteiger partial charge in [0.15, 0.2) is 25.3 Å². The number of nitrogens with zero attached hydrogens (tertiary/aromatic N) is 1. The van der Waals surface area contributed by atoms with Gasteiger partial charge < -0.3 is 38.5 Å². The lowest BCUT2D eigenvalue weighted by molar-refractivity contribution is -0.161. The normalized spacial score (nSPS) is 25.0. The highest BCUT2D eigenvalue weighted by molar-refractivity contribution is 6.74. The third-order valence-corrected chi connectivity index (χ3v) is 19.5. The number of carbonyl (C=O) groups excluding carboxylic acids is 2. The molecule has 0 saturated heterocycles. The van der Waals surface area contributed by atoms with Gasteiger partial charge in [-0.1, -0.05) is 107 Å². The van der Waals surface area contributed by atoms with Gasteiger partial charge in [0, 0.05) is 34.4 Å². The summed E-state index contributed by atoms with van der Waals surface area (Å²) in [5.41, 5.74) is -3.29. The molecule has 5 aromatic rings. The number of allylic oxidation sites excluding steroid dienone is 2. The van der Waals surface area contributed by atoms with Gasteiger partial charge in [-0.15, -0.1) is 0 Å². The predicted octanol–water partition coefficient (Wildman–Crippen LogP) is 9.42. The maximum Gasteiger partial charge on any atom is 0.260 e. The quantitative estimate of drug-likeness (QED) is 0.0958. The minimum absolute atomic E-state index is 0.0347. The maximum absolute atomic E-state index is 15.9. The van der Waals surface area contributed by atoms with Crippen LogP contribution in [0.5, 0.6) is 23.1 Å². The third-order valence-electron chi connectivity index (χ3n) is 15.0. The van der Waals surface area contributed by atoms with Gasteiger partial charge in [0.2, 0.25) is 5.78 Å². The molecule has 3 N–H and O–H groups in total. The number of carbonyl (C=O) groups is 2. The van der Waals surface area contributed by atoms with Crippen LogP contribution in [0.1, 0.15) is 115 Å². The molecule has 4 aromatic carbocycles. The summed E-state index contributed by atoms with van der Waals surface area (Å²) in [6, 6.07) is 20.7. The lowest BCUT2D eigenvalue weighted by Gasteiger charge is -2.53. The Bertz CT molecular complexity index is 2700. The fourth-order valence-corrected chi connectivity index (χ4v) is 11.7. The van der Waals surface area contributed by atoms with Crippen molar-refractivity contribution in [2.24, 2.45) is 5.41 Å². The van der Waals surface area contributed by atoms with Crippen molar-refractivity contribution < 1.29 is 48.1 Å². The van der Waals surface area contributed by atoms with Gasteiger partial charge in [0.25, 0.3) is 5.88 Å². The molecule has 0 amide bonds. The Labute approximate surface area is 362 Å². The van der Waals surface area contributed by atoms with Crippen LogP contribution in [0.2, 0.25) is 18.1 Å². The summed E-state index contributed by atoms with van der Waals surface area (Å²) in [4.78, 5) is 31.6. The van der Waals surface area contributed by atoms with Crippen LogP contribution in [0.3, 0.4) is 0 Å². The Morgan fingerprint density at radius 3 is 2.10 bits per heavy atom. The van der Waals surface area contributed by atoms with E-state index in [9.17, 15) is 15.3 Å². The summed E-state index contributed by atoms with van der Waals surface area (Å²) in [6.45, 7) is 16.6. The fraction of sp³-hybridized carbons (Fsp3) is 0.420. The molecule has 4 aliphatic rings. The van der Waals surface area contributed by atoms with Crippen LogP contribution in [0.4, 0.5) is 0 Å². The van der Waals surface area contributed by atoms with Crippen molar-refractivity contribution in [1.29, 1.82) is 0 Å². The number of benzene rings is 4. The van der Waals surface area contributed by atoms with Crippen LogP contribution >= 0.6 is 0 Å². The van der Waals surface area contributed by atoms with Crippen LogP contribution in [0, 0.1) is 5.41 Å². The number of methoxy groups -OCH3 is 1. The number of hydrogen-bond donors (Lipinski definition) is 3. The standard InChI is InChI=1S/C50H55NO10Si/c1-28-17-16-22-47(5,6)48(28)24-31-35-37(32(23-33(57-7)40(35)48)58-26-29-18-12-10-13-19-29)41(52)39-36(31)42(53)49(55)25-34-38(45(51-60-34)59-27-30-20-14-11-15-21-30)44(50(49,56)43(39)54)61-62(8,9)46(2,3)4/h10-15,17-21,23,44,52,55-56H,16,22,24-27H2,1-9H3/t44?,48-,49-,50-/m0/s1. The Kier molecular flexibility index (Phi) is 9.58. The van der Waals surface area contributed by atoms with E-state index < -0.39 is 70.8 Å². The second-order valence-electron chi connectivity index (χ2n) is 19.8. The van der Waals surface area contributed by atoms with Gasteiger partial charge in [0.1, 0.15) is 42.3 Å². The van der Waals surface area contributed by atoms with Crippen LogP contribution in [-0.4, -0.2) is 58.7 Å². The van der Waals surface area contributed by atoms with E-state index in [-0.39, 0.29) is 53.5 Å². The number of rotatable bonds is 9. The smallest absolute Gasteiger partial charge is 0.260 e. The molecule has 1 heterocycles. The molecule has 0 aliphatic heterocycles. The number of hydrogen-bond acceptors (Lipinski definition) is 11. The van der Waals surface area contributed by atoms with E-state index >= 15 is 9.59 Å². The van der Waals surface area contributed by atoms with Crippen LogP contribution in [0.25, 0.3) is 10.8 Å². The third kappa shape index (κ3) is 5.68. The highest BCUT2D eigenvalue weighted by atomic mass is 28.4. The van der Waals surface area contributed by atoms with Crippen LogP contribution in [-0.2, 0) is 35.9 Å². The number of aliphatic hydroxyl groups is 2. The van der Waals surface area contributed by atoms with E-state index in [1.165, 1.54) is 0 Å². The molecule has 1 unspecified atom stereocenters. The maximum atomic E-state index is 15.9. The molecule has 1 spiro atoms. The summed E-state index contributed by atoms with van der Waals surface area (Å²) in [5, 5.41) is 44.0. The summed E-state index contributed by atoms with van der Waals surface area (Å²) >= 11 is 0. The monoisotopic (exact) mass is 857 g/mol. The minimum Gasteiger partial charge on any atom is -0.506 e. The van der Waals surface area contributed by atoms with Gasteiger partial charge in [-0.2, -0.15) is 0 Å². The zero-order valence-electron chi connectivity index (χ0n) is 36.9. The highest BCUT2D eigenvalue weighted by Gasteiger charge is 2.73. The largest absolute Gasteiger partial charge is 0.506 e. The van der Waals surface area contributed by atoms with Crippen molar-refractivity contribution in [3.8, 4) is 23.1 Å². The number of Topliss-reactive ketones (excluding diaryl/α,β-unsaturated/α-hetero) is 2. The van der Waals surface area contributed by atoms with Crippen molar-refractivity contribution in [2.75, 3.05) is 7.11 Å². The SMILES string of the molecule is COc1cc(OCc2ccccc2)c2c(O)c3c(c4c2c1[C@]1(C4)C(C)=CCCC1(C)C)C(=O)[C@@]1(O)Cc2onc(OCc4ccccc4)c2C(O[Si](C)(C)C(C)(C)C)[C@@]1(O)C3=O. The number of phenolic OH excluding ortho intramolecular Hbond substituents is 1. The number of fused-ring (bicyclic) bond motifs is 5. The molecule has 0 saturated carbocycles. The molecule has 11 nitrogen and oxygen atoms in total. The molecule has 0 radical (unpaired) electrons. The summed E-state index contributed by atoms with van der Waals surface area (Å²) in [7, 11) is -1.40. The van der Waals surface area contributed by atoms with Crippen molar-refractivity contribution in [3.05, 3.63) is 123 Å². The topological polar surface area (TPSA) is 158 Å². The second-order valence-corrected chi connectivity index (χ2v) is 24.5. The molecule has 62 heavy (non-hydrogen) atoms. The van der Waals surface area contributed by atoms with Gasteiger partial charge in [0.05, 0.1) is 23.6 Å². The molecule has 1 aromatic heterocycles. The van der Waals surface area contributed by atoms with Crippen molar-refractivity contribution in [3.63, 3.8) is 0 Å². The molecular formula is C50H55NO10Si. The van der Waals surface area contributed by atoms with Gasteiger partial charge >= 0.3 is 0 Å². The summed E-state index contributed by atoms with van der Waals surface area (Å²) in [6.07, 6.45) is 1.84. The van der Waals surface area contributed by atoms with E-state index in [0.717, 1.165) is 35.1 Å². The lowest BCUT2D eigenvalue weighted by Crippen LogP contribution is -2.73. The summed E-state index contributed by atoms with van der Waals surface area (Å²) in [5.74, 6) is -1.74. The number of aromatic hydroxyl groups is 1. The first-order valence-electron chi connectivity index (χ1n) is 21.4. The van der Waals surface area contributed by atoms with Crippen LogP contribution in [0.15, 0.2) is 82.9 Å². The lowest BCUT2D eigenvalue weighted by atomic mass is 9.54. The second kappa shape index (κ2) is 14.1. The molecule has 12 heteroatoms. The van der Waals surface area contributed by atoms with Gasteiger partial charge in [-0.3, -0.25) is 9.59 Å². The summed E-state index contributed by atoms with van der Waals surface area (Å²) < 4.78 is 31.8. The number of aromatic nitrogens is 1. The van der Waals surface area contributed by atoms with Crippen molar-refractivity contribution in [1.82, 2.24) is 5.16 Å². The molecule has 4 atom stereocenters. The molecule has 0 bridgehead atoms. The molecule has 324 valence electrons. The van der Waals surface area contributed by atoms with E-state index in [2.05, 4.69) is 32.0 Å². The zero-order valence-corrected chi connectivity index (χ0v) is 37.9. The van der Waals surface area contributed by atoms with Crippen LogP contribution < -0.4 is 14.2 Å². The molecule has 9 rings (SSSR count). The fourth-order valence-electron chi connectivity index (χ4n) is 10.5. The average molecular weight is 858 g/mol. The van der Waals surface area contributed by atoms with Gasteiger partial charge in [-0.25, -0.2) is 0 Å². The Morgan fingerprint density at radius 2 is 1.50 bits per heavy atom. The zero-order chi connectivity index (χ0) is 44.4. The predicted molar refractivity (Wildman–Crippen MR) is 236 cm³/mol. The van der Waals surface area contributed by atoms with Gasteiger partial charge in [-0.05, 0) is 71.6 Å². The first-order valence-corrected chi connectivity index (χ1v) is 24.3. The number of phenols is 1. The highest BCUT2D eigenvalue weighted by Crippen LogP contribution is 2.66. The minimum atomic E-state index is -2.99. The number of ketones is 2. The first kappa shape index (κ1) is 42.0.